The molecule has 0 N–H and O–H groups in total. The number of benzene rings is 1. The van der Waals surface area contributed by atoms with Crippen molar-refractivity contribution in [1.82, 2.24) is 24.7 Å². The molecule has 0 spiro atoms. The van der Waals surface area contributed by atoms with Crippen LogP contribution < -0.4 is 4.90 Å². The van der Waals surface area contributed by atoms with Gasteiger partial charge in [-0.3, -0.25) is 4.68 Å². The first-order chi connectivity index (χ1) is 10.9. The summed E-state index contributed by atoms with van der Waals surface area (Å²) >= 11 is 0. The third kappa shape index (κ3) is 2.50. The van der Waals surface area contributed by atoms with Crippen LogP contribution in [0.25, 0.3) is 10.9 Å². The minimum absolute atomic E-state index is 0.0733. The van der Waals surface area contributed by atoms with E-state index in [0.29, 0.717) is 13.2 Å². The number of aromatic nitrogens is 5. The zero-order valence-electron chi connectivity index (χ0n) is 12.0. The van der Waals surface area contributed by atoms with Gasteiger partial charge < -0.3 is 9.64 Å². The number of hydrogen-bond donors (Lipinski definition) is 0. The number of hydrogen-bond acceptors (Lipinski definition) is 6. The Morgan fingerprint density at radius 2 is 2.14 bits per heavy atom. The Labute approximate surface area is 127 Å². The smallest absolute Gasteiger partial charge is 0.140 e. The summed E-state index contributed by atoms with van der Waals surface area (Å²) < 4.78 is 7.64. The molecule has 2 aromatic heterocycles. The number of ether oxygens (including phenoxy) is 1. The van der Waals surface area contributed by atoms with Crippen molar-refractivity contribution < 1.29 is 4.74 Å². The molecule has 1 aliphatic rings. The number of anilines is 1. The van der Waals surface area contributed by atoms with Crippen molar-refractivity contribution in [2.75, 3.05) is 24.6 Å². The Kier molecular flexibility index (Phi) is 3.40. The molecule has 4 rings (SSSR count). The third-order valence-electron chi connectivity index (χ3n) is 3.82. The lowest BCUT2D eigenvalue weighted by atomic mass is 10.2. The summed E-state index contributed by atoms with van der Waals surface area (Å²) in [5.41, 5.74) is 0.965. The highest BCUT2D eigenvalue weighted by atomic mass is 16.5. The van der Waals surface area contributed by atoms with Crippen molar-refractivity contribution in [3.63, 3.8) is 0 Å². The highest BCUT2D eigenvalue weighted by Gasteiger charge is 2.23. The second kappa shape index (κ2) is 5.69. The standard InChI is InChI=1S/C15H16N6O/c1-2-4-14-13(3-1)15(18-10-17-14)20-5-6-22-12(7-20)8-21-11-16-9-19-21/h1-4,9-12H,5-8H2/t12-/m1/s1. The summed E-state index contributed by atoms with van der Waals surface area (Å²) in [6.07, 6.45) is 4.95. The van der Waals surface area contributed by atoms with Crippen LogP contribution in [0.3, 0.4) is 0 Å². The van der Waals surface area contributed by atoms with Crippen molar-refractivity contribution in [3.05, 3.63) is 43.2 Å². The molecule has 1 aromatic carbocycles. The highest BCUT2D eigenvalue weighted by molar-refractivity contribution is 5.89. The first-order valence-corrected chi connectivity index (χ1v) is 7.29. The lowest BCUT2D eigenvalue weighted by Gasteiger charge is -2.34. The first-order valence-electron chi connectivity index (χ1n) is 7.29. The van der Waals surface area contributed by atoms with Gasteiger partial charge in [0.2, 0.25) is 0 Å². The summed E-state index contributed by atoms with van der Waals surface area (Å²) in [6.45, 7) is 2.98. The minimum Gasteiger partial charge on any atom is -0.373 e. The molecule has 1 aliphatic heterocycles. The van der Waals surface area contributed by atoms with Crippen molar-refractivity contribution in [2.45, 2.75) is 12.6 Å². The number of fused-ring (bicyclic) bond motifs is 1. The summed E-state index contributed by atoms with van der Waals surface area (Å²) in [7, 11) is 0. The van der Waals surface area contributed by atoms with E-state index in [2.05, 4.69) is 31.0 Å². The van der Waals surface area contributed by atoms with Crippen LogP contribution >= 0.6 is 0 Å². The Balaban J connectivity index is 1.58. The Morgan fingerprint density at radius 1 is 1.18 bits per heavy atom. The van der Waals surface area contributed by atoms with Crippen molar-refractivity contribution >= 4 is 16.7 Å². The molecule has 0 aliphatic carbocycles. The van der Waals surface area contributed by atoms with E-state index >= 15 is 0 Å². The third-order valence-corrected chi connectivity index (χ3v) is 3.82. The van der Waals surface area contributed by atoms with Crippen LogP contribution in [0.2, 0.25) is 0 Å². The van der Waals surface area contributed by atoms with Gasteiger partial charge in [0, 0.05) is 18.5 Å². The Bertz CT molecular complexity index is 754. The van der Waals surface area contributed by atoms with E-state index in [1.807, 2.05) is 18.2 Å². The number of para-hydroxylation sites is 1. The molecule has 0 radical (unpaired) electrons. The van der Waals surface area contributed by atoms with Crippen LogP contribution in [0.5, 0.6) is 0 Å². The first kappa shape index (κ1) is 13.1. The zero-order chi connectivity index (χ0) is 14.8. The van der Waals surface area contributed by atoms with Gasteiger partial charge >= 0.3 is 0 Å². The van der Waals surface area contributed by atoms with Crippen LogP contribution in [-0.4, -0.2) is 50.5 Å². The Morgan fingerprint density at radius 3 is 3.05 bits per heavy atom. The molecule has 0 bridgehead atoms. The molecule has 0 amide bonds. The summed E-state index contributed by atoms with van der Waals surface area (Å²) in [4.78, 5) is 15.0. The lowest BCUT2D eigenvalue weighted by molar-refractivity contribution is 0.0272. The molecule has 0 saturated carbocycles. The molecule has 7 nitrogen and oxygen atoms in total. The van der Waals surface area contributed by atoms with E-state index in [0.717, 1.165) is 29.8 Å². The van der Waals surface area contributed by atoms with Gasteiger partial charge in [-0.05, 0) is 12.1 Å². The van der Waals surface area contributed by atoms with Gasteiger partial charge in [-0.2, -0.15) is 5.10 Å². The van der Waals surface area contributed by atoms with E-state index in [1.165, 1.54) is 0 Å². The average molecular weight is 296 g/mol. The second-order valence-corrected chi connectivity index (χ2v) is 5.27. The molecule has 0 unspecified atom stereocenters. The van der Waals surface area contributed by atoms with Gasteiger partial charge in [0.1, 0.15) is 24.8 Å². The lowest BCUT2D eigenvalue weighted by Crippen LogP contribution is -2.44. The fraction of sp³-hybridized carbons (Fsp3) is 0.333. The highest BCUT2D eigenvalue weighted by Crippen LogP contribution is 2.24. The van der Waals surface area contributed by atoms with Gasteiger partial charge in [-0.15, -0.1) is 0 Å². The molecular formula is C15H16N6O. The maximum Gasteiger partial charge on any atom is 0.140 e. The SMILES string of the molecule is c1ccc2c(N3CCO[C@@H](Cn4cncn4)C3)ncnc2c1. The summed E-state index contributed by atoms with van der Waals surface area (Å²) in [6, 6.07) is 8.08. The zero-order valence-corrected chi connectivity index (χ0v) is 12.0. The van der Waals surface area contributed by atoms with Crippen LogP contribution in [0.1, 0.15) is 0 Å². The van der Waals surface area contributed by atoms with Gasteiger partial charge in [0.05, 0.1) is 24.8 Å². The topological polar surface area (TPSA) is 69.0 Å². The molecule has 1 fully saturated rings. The normalized spacial score (nSPS) is 18.7. The number of nitrogens with zero attached hydrogens (tertiary/aromatic N) is 6. The number of rotatable bonds is 3. The van der Waals surface area contributed by atoms with E-state index in [4.69, 9.17) is 4.74 Å². The summed E-state index contributed by atoms with van der Waals surface area (Å²) in [5.74, 6) is 0.970. The van der Waals surface area contributed by atoms with Crippen LogP contribution in [0, 0.1) is 0 Å². The summed E-state index contributed by atoms with van der Waals surface area (Å²) in [5, 5.41) is 5.21. The fourth-order valence-electron chi connectivity index (χ4n) is 2.80. The van der Waals surface area contributed by atoms with Crippen molar-refractivity contribution in [1.29, 1.82) is 0 Å². The molecule has 1 atom stereocenters. The van der Waals surface area contributed by atoms with Crippen LogP contribution in [0.15, 0.2) is 43.2 Å². The molecule has 22 heavy (non-hydrogen) atoms. The molecule has 1 saturated heterocycles. The van der Waals surface area contributed by atoms with Gasteiger partial charge in [0.25, 0.3) is 0 Å². The van der Waals surface area contributed by atoms with Gasteiger partial charge in [-0.1, -0.05) is 12.1 Å². The van der Waals surface area contributed by atoms with Crippen LogP contribution in [-0.2, 0) is 11.3 Å². The molecular weight excluding hydrogens is 280 g/mol. The van der Waals surface area contributed by atoms with E-state index in [9.17, 15) is 0 Å². The van der Waals surface area contributed by atoms with Gasteiger partial charge in [-0.25, -0.2) is 15.0 Å². The average Bonchev–Trinajstić information content (AvgIpc) is 3.07. The largest absolute Gasteiger partial charge is 0.373 e. The predicted molar refractivity (Wildman–Crippen MR) is 81.5 cm³/mol. The minimum atomic E-state index is 0.0733. The van der Waals surface area contributed by atoms with Crippen molar-refractivity contribution in [2.24, 2.45) is 0 Å². The predicted octanol–water partition coefficient (Wildman–Crippen LogP) is 1.13. The fourth-order valence-corrected chi connectivity index (χ4v) is 2.80. The van der Waals surface area contributed by atoms with E-state index in [-0.39, 0.29) is 6.10 Å². The molecule has 7 heteroatoms. The maximum atomic E-state index is 5.84. The monoisotopic (exact) mass is 296 g/mol. The van der Waals surface area contributed by atoms with E-state index < -0.39 is 0 Å². The molecule has 112 valence electrons. The molecule has 3 heterocycles. The second-order valence-electron chi connectivity index (χ2n) is 5.27. The quantitative estimate of drug-likeness (QED) is 0.721. The molecule has 3 aromatic rings. The van der Waals surface area contributed by atoms with Gasteiger partial charge in [0.15, 0.2) is 0 Å². The van der Waals surface area contributed by atoms with Crippen LogP contribution in [0.4, 0.5) is 5.82 Å². The number of morpholine rings is 1. The maximum absolute atomic E-state index is 5.84. The Hall–Kier alpha value is -2.54. The van der Waals surface area contributed by atoms with E-state index in [1.54, 1.807) is 23.7 Å². The van der Waals surface area contributed by atoms with Crippen molar-refractivity contribution in [3.8, 4) is 0 Å².